The van der Waals surface area contributed by atoms with E-state index in [-0.39, 0.29) is 27.2 Å². The van der Waals surface area contributed by atoms with E-state index in [2.05, 4.69) is 51.4 Å². The summed E-state index contributed by atoms with van der Waals surface area (Å²) in [5, 5.41) is 4.22. The highest BCUT2D eigenvalue weighted by molar-refractivity contribution is 6.37. The van der Waals surface area contributed by atoms with Gasteiger partial charge in [-0.25, -0.2) is 14.3 Å². The van der Waals surface area contributed by atoms with Crippen LogP contribution in [0, 0.1) is 5.92 Å². The number of halogens is 2. The standard InChI is InChI=1S/C25H25Cl2N7O/c1-33(2)13-14-6-7-16-11-17(9-8-15(16)10-14)30-24-29-12-18-22(28)34(25(35)32-23(18)31-24)21-19(26)4-3-5-20(21)27/h3-5,8-9,11-12,14H,6-7,10,13,28H2,1-2H3,(H,30,31,32,35). The van der Waals surface area contributed by atoms with Crippen molar-refractivity contribution in [2.75, 3.05) is 31.7 Å². The topological polar surface area (TPSA) is 102 Å². The van der Waals surface area contributed by atoms with Crippen LogP contribution in [0.5, 0.6) is 0 Å². The number of hydrogen-bond acceptors (Lipinski definition) is 7. The van der Waals surface area contributed by atoms with Crippen molar-refractivity contribution in [3.8, 4) is 5.69 Å². The molecular formula is C25H25Cl2N7O. The van der Waals surface area contributed by atoms with E-state index in [0.717, 1.165) is 25.1 Å². The highest BCUT2D eigenvalue weighted by Gasteiger charge is 2.20. The largest absolute Gasteiger partial charge is 0.384 e. The Bertz CT molecular complexity index is 1460. The number of anilines is 3. The van der Waals surface area contributed by atoms with E-state index in [0.29, 0.717) is 17.3 Å². The number of aromatic nitrogens is 4. The molecule has 4 aromatic rings. The van der Waals surface area contributed by atoms with Crippen LogP contribution in [0.15, 0.2) is 47.4 Å². The quantitative estimate of drug-likeness (QED) is 0.408. The summed E-state index contributed by atoms with van der Waals surface area (Å²) < 4.78 is 1.18. The van der Waals surface area contributed by atoms with Gasteiger partial charge in [-0.05, 0) is 74.7 Å². The third kappa shape index (κ3) is 4.69. The Labute approximate surface area is 212 Å². The lowest BCUT2D eigenvalue weighted by atomic mass is 9.83. The number of nitrogens with two attached hydrogens (primary N) is 1. The number of para-hydroxylation sites is 1. The minimum Gasteiger partial charge on any atom is -0.384 e. The third-order valence-corrected chi connectivity index (χ3v) is 6.87. The van der Waals surface area contributed by atoms with Gasteiger partial charge < -0.3 is 16.0 Å². The van der Waals surface area contributed by atoms with Crippen molar-refractivity contribution >= 4 is 51.7 Å². The minimum atomic E-state index is -0.629. The average molecular weight is 510 g/mol. The first-order valence-corrected chi connectivity index (χ1v) is 12.1. The molecule has 2 heterocycles. The predicted molar refractivity (Wildman–Crippen MR) is 141 cm³/mol. The highest BCUT2D eigenvalue weighted by atomic mass is 35.5. The van der Waals surface area contributed by atoms with Gasteiger partial charge in [-0.15, -0.1) is 0 Å². The maximum absolute atomic E-state index is 12.9. The number of nitrogens with zero attached hydrogens (tertiary/aromatic N) is 5. The second kappa shape index (κ2) is 9.45. The second-order valence-corrected chi connectivity index (χ2v) is 9.91. The summed E-state index contributed by atoms with van der Waals surface area (Å²) in [7, 11) is 4.24. The molecule has 8 nitrogen and oxygen atoms in total. The molecule has 5 rings (SSSR count). The van der Waals surface area contributed by atoms with E-state index in [4.69, 9.17) is 28.9 Å². The Morgan fingerprint density at radius 3 is 2.66 bits per heavy atom. The highest BCUT2D eigenvalue weighted by Crippen LogP contribution is 2.31. The molecule has 0 bridgehead atoms. The van der Waals surface area contributed by atoms with Gasteiger partial charge in [-0.3, -0.25) is 0 Å². The molecule has 1 unspecified atom stereocenters. The van der Waals surface area contributed by atoms with Crippen LogP contribution in [0.1, 0.15) is 17.5 Å². The van der Waals surface area contributed by atoms with E-state index in [1.807, 2.05) is 6.07 Å². The van der Waals surface area contributed by atoms with E-state index >= 15 is 0 Å². The first-order valence-electron chi connectivity index (χ1n) is 11.3. The maximum atomic E-state index is 12.9. The first kappa shape index (κ1) is 23.5. The van der Waals surface area contributed by atoms with Crippen molar-refractivity contribution < 1.29 is 0 Å². The Morgan fingerprint density at radius 1 is 1.14 bits per heavy atom. The van der Waals surface area contributed by atoms with Gasteiger partial charge in [0.25, 0.3) is 0 Å². The van der Waals surface area contributed by atoms with Gasteiger partial charge >= 0.3 is 5.69 Å². The number of nitrogens with one attached hydrogen (secondary N) is 1. The van der Waals surface area contributed by atoms with Crippen molar-refractivity contribution in [2.45, 2.75) is 19.3 Å². The SMILES string of the molecule is CN(C)CC1CCc2cc(Nc3ncc4c(N)n(-c5c(Cl)cccc5Cl)c(=O)nc4n3)ccc2C1. The molecule has 0 spiro atoms. The monoisotopic (exact) mass is 509 g/mol. The molecule has 1 aliphatic rings. The zero-order valence-corrected chi connectivity index (χ0v) is 20.9. The smallest absolute Gasteiger partial charge is 0.355 e. The Balaban J connectivity index is 1.44. The molecule has 35 heavy (non-hydrogen) atoms. The molecule has 2 aromatic heterocycles. The van der Waals surface area contributed by atoms with E-state index in [1.165, 1.54) is 28.3 Å². The normalized spacial score (nSPS) is 15.4. The maximum Gasteiger partial charge on any atom is 0.355 e. The molecule has 2 aromatic carbocycles. The number of aryl methyl sites for hydroxylation is 1. The lowest BCUT2D eigenvalue weighted by Gasteiger charge is -2.27. The van der Waals surface area contributed by atoms with Gasteiger partial charge in [-0.2, -0.15) is 9.97 Å². The van der Waals surface area contributed by atoms with Crippen LogP contribution >= 0.6 is 23.2 Å². The van der Waals surface area contributed by atoms with Crippen molar-refractivity contribution in [2.24, 2.45) is 5.92 Å². The number of hydrogen-bond donors (Lipinski definition) is 2. The van der Waals surface area contributed by atoms with Crippen LogP contribution in [0.4, 0.5) is 17.5 Å². The number of benzene rings is 2. The van der Waals surface area contributed by atoms with Crippen molar-refractivity contribution in [1.82, 2.24) is 24.4 Å². The van der Waals surface area contributed by atoms with E-state index in [1.54, 1.807) is 18.2 Å². The van der Waals surface area contributed by atoms with Crippen molar-refractivity contribution in [3.05, 3.63) is 74.3 Å². The predicted octanol–water partition coefficient (Wildman–Crippen LogP) is 4.47. The molecule has 0 saturated heterocycles. The fourth-order valence-electron chi connectivity index (χ4n) is 4.69. The minimum absolute atomic E-state index is 0.114. The lowest BCUT2D eigenvalue weighted by Crippen LogP contribution is -2.26. The second-order valence-electron chi connectivity index (χ2n) is 9.10. The van der Waals surface area contributed by atoms with Crippen molar-refractivity contribution in [3.63, 3.8) is 0 Å². The molecular weight excluding hydrogens is 485 g/mol. The lowest BCUT2D eigenvalue weighted by molar-refractivity contribution is 0.303. The number of nitrogen functional groups attached to an aromatic ring is 1. The van der Waals surface area contributed by atoms with Crippen LogP contribution < -0.4 is 16.7 Å². The zero-order valence-electron chi connectivity index (χ0n) is 19.4. The molecule has 0 radical (unpaired) electrons. The Morgan fingerprint density at radius 2 is 1.91 bits per heavy atom. The van der Waals surface area contributed by atoms with E-state index in [9.17, 15) is 4.79 Å². The van der Waals surface area contributed by atoms with Gasteiger partial charge in [-0.1, -0.05) is 35.3 Å². The summed E-state index contributed by atoms with van der Waals surface area (Å²) in [6, 6.07) is 11.3. The fraction of sp³-hybridized carbons (Fsp3) is 0.280. The Kier molecular flexibility index (Phi) is 6.35. The summed E-state index contributed by atoms with van der Waals surface area (Å²) in [4.78, 5) is 28.0. The first-order chi connectivity index (χ1) is 16.8. The van der Waals surface area contributed by atoms with Gasteiger partial charge in [0.15, 0.2) is 5.65 Å². The van der Waals surface area contributed by atoms with Crippen LogP contribution in [0.25, 0.3) is 16.7 Å². The molecule has 1 atom stereocenters. The molecule has 0 fully saturated rings. The molecule has 180 valence electrons. The van der Waals surface area contributed by atoms with Crippen LogP contribution in [0.2, 0.25) is 10.0 Å². The molecule has 0 aliphatic heterocycles. The molecule has 0 amide bonds. The number of rotatable bonds is 5. The summed E-state index contributed by atoms with van der Waals surface area (Å²) in [5.74, 6) is 1.13. The molecule has 3 N–H and O–H groups in total. The van der Waals surface area contributed by atoms with Crippen LogP contribution in [0.3, 0.4) is 0 Å². The van der Waals surface area contributed by atoms with Gasteiger partial charge in [0.05, 0.1) is 21.1 Å². The van der Waals surface area contributed by atoms with Gasteiger partial charge in [0.2, 0.25) is 5.95 Å². The van der Waals surface area contributed by atoms with Gasteiger partial charge in [0, 0.05) is 18.4 Å². The summed E-state index contributed by atoms with van der Waals surface area (Å²) in [6.07, 6.45) is 4.85. The van der Waals surface area contributed by atoms with Crippen LogP contribution in [-0.4, -0.2) is 45.1 Å². The fourth-order valence-corrected chi connectivity index (χ4v) is 5.26. The molecule has 10 heteroatoms. The summed E-state index contributed by atoms with van der Waals surface area (Å²) >= 11 is 12.6. The zero-order chi connectivity index (χ0) is 24.7. The van der Waals surface area contributed by atoms with Crippen LogP contribution in [-0.2, 0) is 12.8 Å². The average Bonchev–Trinajstić information content (AvgIpc) is 2.80. The summed E-state index contributed by atoms with van der Waals surface area (Å²) in [6.45, 7) is 1.10. The molecule has 1 aliphatic carbocycles. The number of fused-ring (bicyclic) bond motifs is 2. The Hall–Kier alpha value is -3.20. The van der Waals surface area contributed by atoms with E-state index < -0.39 is 5.69 Å². The molecule has 0 saturated carbocycles. The van der Waals surface area contributed by atoms with Gasteiger partial charge in [0.1, 0.15) is 5.82 Å². The summed E-state index contributed by atoms with van der Waals surface area (Å²) in [5.41, 5.74) is 9.76. The third-order valence-electron chi connectivity index (χ3n) is 6.26. The van der Waals surface area contributed by atoms with Crippen molar-refractivity contribution in [1.29, 1.82) is 0 Å².